The standard InChI is InChI=1S/C10H12BrNO5S/c1-6(10(13)14)12-18(15,16)9-5-7(17-2)3-4-8(9)11/h3-6,12H,1-2H3,(H,13,14)/t6-/m1/s1. The van der Waals surface area contributed by atoms with Gasteiger partial charge in [-0.1, -0.05) is 0 Å². The van der Waals surface area contributed by atoms with Gasteiger partial charge in [-0.2, -0.15) is 4.72 Å². The monoisotopic (exact) mass is 337 g/mol. The number of nitrogens with one attached hydrogen (secondary N) is 1. The van der Waals surface area contributed by atoms with E-state index in [4.69, 9.17) is 9.84 Å². The van der Waals surface area contributed by atoms with E-state index in [9.17, 15) is 13.2 Å². The lowest BCUT2D eigenvalue weighted by Crippen LogP contribution is -2.38. The first-order chi connectivity index (χ1) is 8.27. The summed E-state index contributed by atoms with van der Waals surface area (Å²) in [5, 5.41) is 8.70. The second-order valence-electron chi connectivity index (χ2n) is 3.48. The average molecular weight is 338 g/mol. The van der Waals surface area contributed by atoms with E-state index in [1.54, 1.807) is 6.07 Å². The first-order valence-corrected chi connectivity index (χ1v) is 7.14. The smallest absolute Gasteiger partial charge is 0.321 e. The molecule has 8 heteroatoms. The minimum Gasteiger partial charge on any atom is -0.497 e. The van der Waals surface area contributed by atoms with Crippen molar-refractivity contribution < 1.29 is 23.1 Å². The van der Waals surface area contributed by atoms with Crippen molar-refractivity contribution in [2.75, 3.05) is 7.11 Å². The van der Waals surface area contributed by atoms with Crippen LogP contribution in [0.3, 0.4) is 0 Å². The summed E-state index contributed by atoms with van der Waals surface area (Å²) in [7, 11) is -2.52. The summed E-state index contributed by atoms with van der Waals surface area (Å²) in [6.07, 6.45) is 0. The highest BCUT2D eigenvalue weighted by atomic mass is 79.9. The third kappa shape index (κ3) is 3.44. The molecule has 100 valence electrons. The van der Waals surface area contributed by atoms with Crippen LogP contribution >= 0.6 is 15.9 Å². The van der Waals surface area contributed by atoms with E-state index in [0.29, 0.717) is 10.2 Å². The largest absolute Gasteiger partial charge is 0.497 e. The number of benzene rings is 1. The van der Waals surface area contributed by atoms with Crippen molar-refractivity contribution in [1.29, 1.82) is 0 Å². The molecule has 1 aromatic carbocycles. The molecule has 0 bridgehead atoms. The first kappa shape index (κ1) is 14.9. The second kappa shape index (κ2) is 5.68. The summed E-state index contributed by atoms with van der Waals surface area (Å²) >= 11 is 3.10. The van der Waals surface area contributed by atoms with Gasteiger partial charge in [0.05, 0.1) is 12.0 Å². The maximum absolute atomic E-state index is 12.0. The maximum Gasteiger partial charge on any atom is 0.321 e. The Bertz CT molecular complexity index is 557. The van der Waals surface area contributed by atoms with Crippen molar-refractivity contribution in [1.82, 2.24) is 4.72 Å². The fourth-order valence-electron chi connectivity index (χ4n) is 1.16. The normalized spacial score (nSPS) is 13.1. The zero-order valence-electron chi connectivity index (χ0n) is 9.68. The Hall–Kier alpha value is -1.12. The van der Waals surface area contributed by atoms with Crippen LogP contribution in [0.5, 0.6) is 5.75 Å². The maximum atomic E-state index is 12.0. The molecule has 0 aliphatic rings. The van der Waals surface area contributed by atoms with Gasteiger partial charge < -0.3 is 9.84 Å². The summed E-state index contributed by atoms with van der Waals surface area (Å²) in [5.41, 5.74) is 0. The lowest BCUT2D eigenvalue weighted by Gasteiger charge is -2.12. The molecule has 0 fully saturated rings. The third-order valence-corrected chi connectivity index (χ3v) is 4.66. The van der Waals surface area contributed by atoms with E-state index < -0.39 is 22.0 Å². The number of rotatable bonds is 5. The Morgan fingerprint density at radius 2 is 2.11 bits per heavy atom. The second-order valence-corrected chi connectivity index (χ2v) is 6.01. The van der Waals surface area contributed by atoms with Crippen LogP contribution in [0.1, 0.15) is 6.92 Å². The van der Waals surface area contributed by atoms with Gasteiger partial charge in [0.25, 0.3) is 0 Å². The summed E-state index contributed by atoms with van der Waals surface area (Å²) in [6.45, 7) is 1.24. The van der Waals surface area contributed by atoms with Crippen molar-refractivity contribution in [2.24, 2.45) is 0 Å². The van der Waals surface area contributed by atoms with Gasteiger partial charge in [-0.25, -0.2) is 8.42 Å². The van der Waals surface area contributed by atoms with Gasteiger partial charge >= 0.3 is 5.97 Å². The Labute approximate surface area is 113 Å². The molecule has 1 atom stereocenters. The van der Waals surface area contributed by atoms with E-state index in [1.165, 1.54) is 26.2 Å². The lowest BCUT2D eigenvalue weighted by atomic mass is 10.3. The third-order valence-electron chi connectivity index (χ3n) is 2.13. The van der Waals surface area contributed by atoms with Crippen LogP contribution in [0.2, 0.25) is 0 Å². The van der Waals surface area contributed by atoms with Crippen LogP contribution in [0.25, 0.3) is 0 Å². The van der Waals surface area contributed by atoms with Crippen molar-refractivity contribution >= 4 is 31.9 Å². The van der Waals surface area contributed by atoms with Gasteiger partial charge in [0.1, 0.15) is 11.8 Å². The van der Waals surface area contributed by atoms with E-state index in [2.05, 4.69) is 20.7 Å². The number of hydrogen-bond donors (Lipinski definition) is 2. The predicted octanol–water partition coefficient (Wildman–Crippen LogP) is 1.21. The number of methoxy groups -OCH3 is 1. The number of carbonyl (C=O) groups is 1. The van der Waals surface area contributed by atoms with Gasteiger partial charge in [0.15, 0.2) is 0 Å². The van der Waals surface area contributed by atoms with Crippen molar-refractivity contribution in [2.45, 2.75) is 17.9 Å². The fraction of sp³-hybridized carbons (Fsp3) is 0.300. The van der Waals surface area contributed by atoms with E-state index >= 15 is 0 Å². The quantitative estimate of drug-likeness (QED) is 0.842. The van der Waals surface area contributed by atoms with Gasteiger partial charge in [-0.15, -0.1) is 0 Å². The molecular weight excluding hydrogens is 326 g/mol. The van der Waals surface area contributed by atoms with Crippen molar-refractivity contribution in [3.63, 3.8) is 0 Å². The van der Waals surface area contributed by atoms with Crippen LogP contribution < -0.4 is 9.46 Å². The Morgan fingerprint density at radius 3 is 2.61 bits per heavy atom. The number of hydrogen-bond acceptors (Lipinski definition) is 4. The Kier molecular flexibility index (Phi) is 4.71. The minimum atomic E-state index is -3.93. The molecule has 0 unspecified atom stereocenters. The molecule has 0 saturated heterocycles. The van der Waals surface area contributed by atoms with Crippen LogP contribution in [-0.4, -0.2) is 32.6 Å². The Balaban J connectivity index is 3.16. The number of carboxylic acids is 1. The van der Waals surface area contributed by atoms with Crippen LogP contribution in [0, 0.1) is 0 Å². The molecule has 1 rings (SSSR count). The average Bonchev–Trinajstić information content (AvgIpc) is 2.28. The van der Waals surface area contributed by atoms with E-state index in [1.807, 2.05) is 0 Å². The number of aliphatic carboxylic acids is 1. The predicted molar refractivity (Wildman–Crippen MR) is 68.1 cm³/mol. The SMILES string of the molecule is COc1ccc(Br)c(S(=O)(=O)N[C@H](C)C(=O)O)c1. The molecule has 0 aliphatic heterocycles. The lowest BCUT2D eigenvalue weighted by molar-refractivity contribution is -0.138. The highest BCUT2D eigenvalue weighted by molar-refractivity contribution is 9.10. The van der Waals surface area contributed by atoms with Gasteiger partial charge in [-0.3, -0.25) is 4.79 Å². The molecule has 2 N–H and O–H groups in total. The molecule has 0 aromatic heterocycles. The van der Waals surface area contributed by atoms with Gasteiger partial charge in [-0.05, 0) is 35.0 Å². The number of carboxylic acid groups (broad SMARTS) is 1. The molecule has 6 nitrogen and oxygen atoms in total. The minimum absolute atomic E-state index is 0.0741. The highest BCUT2D eigenvalue weighted by Gasteiger charge is 2.23. The summed E-state index contributed by atoms with van der Waals surface area (Å²) in [4.78, 5) is 10.6. The molecule has 0 heterocycles. The number of halogens is 1. The van der Waals surface area contributed by atoms with Crippen LogP contribution in [-0.2, 0) is 14.8 Å². The van der Waals surface area contributed by atoms with Crippen LogP contribution in [0.15, 0.2) is 27.6 Å². The summed E-state index contributed by atoms with van der Waals surface area (Å²) in [5.74, 6) is -0.890. The summed E-state index contributed by atoms with van der Waals surface area (Å²) in [6, 6.07) is 3.19. The highest BCUT2D eigenvalue weighted by Crippen LogP contribution is 2.26. The van der Waals surface area contributed by atoms with Gasteiger partial charge in [0.2, 0.25) is 10.0 Å². The van der Waals surface area contributed by atoms with Gasteiger partial charge in [0, 0.05) is 10.5 Å². The zero-order valence-corrected chi connectivity index (χ0v) is 12.1. The fourth-order valence-corrected chi connectivity index (χ4v) is 3.34. The number of ether oxygens (including phenoxy) is 1. The topological polar surface area (TPSA) is 92.7 Å². The van der Waals surface area contributed by atoms with Crippen molar-refractivity contribution in [3.05, 3.63) is 22.7 Å². The molecule has 1 aromatic rings. The molecule has 0 saturated carbocycles. The molecule has 0 aliphatic carbocycles. The molecular formula is C10H12BrNO5S. The summed E-state index contributed by atoms with van der Waals surface area (Å²) < 4.78 is 31.3. The zero-order chi connectivity index (χ0) is 13.9. The molecule has 0 radical (unpaired) electrons. The van der Waals surface area contributed by atoms with E-state index in [-0.39, 0.29) is 4.90 Å². The Morgan fingerprint density at radius 1 is 1.50 bits per heavy atom. The molecule has 0 spiro atoms. The van der Waals surface area contributed by atoms with Crippen LogP contribution in [0.4, 0.5) is 0 Å². The van der Waals surface area contributed by atoms with Crippen molar-refractivity contribution in [3.8, 4) is 5.75 Å². The number of sulfonamides is 1. The molecule has 18 heavy (non-hydrogen) atoms. The van der Waals surface area contributed by atoms with E-state index in [0.717, 1.165) is 0 Å². The molecule has 0 amide bonds. The first-order valence-electron chi connectivity index (χ1n) is 4.86.